The summed E-state index contributed by atoms with van der Waals surface area (Å²) >= 11 is 2.23. The molecule has 1 fully saturated rings. The molecule has 1 aromatic carbocycles. The predicted octanol–water partition coefficient (Wildman–Crippen LogP) is 2.50. The summed E-state index contributed by atoms with van der Waals surface area (Å²) in [5, 5.41) is 3.99. The molecule has 0 aliphatic carbocycles. The van der Waals surface area contributed by atoms with E-state index in [-0.39, 0.29) is 5.91 Å². The summed E-state index contributed by atoms with van der Waals surface area (Å²) < 4.78 is 6.15. The van der Waals surface area contributed by atoms with Crippen LogP contribution >= 0.6 is 22.6 Å². The van der Waals surface area contributed by atoms with Crippen LogP contribution in [0.3, 0.4) is 0 Å². The number of rotatable bonds is 4. The monoisotopic (exact) mass is 440 g/mol. The van der Waals surface area contributed by atoms with Crippen LogP contribution in [0.2, 0.25) is 0 Å². The third kappa shape index (κ3) is 3.94. The van der Waals surface area contributed by atoms with Crippen LogP contribution in [0.4, 0.5) is 0 Å². The molecule has 0 spiro atoms. The van der Waals surface area contributed by atoms with E-state index < -0.39 is 0 Å². The lowest BCUT2D eigenvalue weighted by Crippen LogP contribution is -2.48. The average molecular weight is 440 g/mol. The minimum atomic E-state index is 0.121. The van der Waals surface area contributed by atoms with Gasteiger partial charge in [-0.1, -0.05) is 23.7 Å². The van der Waals surface area contributed by atoms with E-state index in [1.165, 1.54) is 0 Å². The number of piperazine rings is 1. The first-order chi connectivity index (χ1) is 11.6. The van der Waals surface area contributed by atoms with Gasteiger partial charge >= 0.3 is 0 Å². The van der Waals surface area contributed by atoms with E-state index in [4.69, 9.17) is 4.52 Å². The van der Waals surface area contributed by atoms with E-state index in [0.717, 1.165) is 53.1 Å². The van der Waals surface area contributed by atoms with Gasteiger partial charge in [-0.25, -0.2) is 0 Å². The second-order valence-corrected chi connectivity index (χ2v) is 7.17. The molecule has 0 saturated carbocycles. The van der Waals surface area contributed by atoms with Gasteiger partial charge in [-0.15, -0.1) is 0 Å². The minimum Gasteiger partial charge on any atom is -0.339 e. The lowest BCUT2D eigenvalue weighted by atomic mass is 10.1. The van der Waals surface area contributed by atoms with Crippen molar-refractivity contribution in [3.8, 4) is 0 Å². The van der Waals surface area contributed by atoms with Crippen molar-refractivity contribution in [2.75, 3.05) is 26.2 Å². The van der Waals surface area contributed by atoms with Gasteiger partial charge < -0.3 is 9.42 Å². The summed E-state index contributed by atoms with van der Waals surface area (Å²) in [5.41, 5.74) is 1.91. The second kappa shape index (κ2) is 7.60. The minimum absolute atomic E-state index is 0.121. The second-order valence-electron chi connectivity index (χ2n) is 6.01. The highest BCUT2D eigenvalue weighted by molar-refractivity contribution is 14.1. The number of halogens is 1. The van der Waals surface area contributed by atoms with E-state index in [1.54, 1.807) is 0 Å². The standard InChI is InChI=1S/C17H21IN4O2/c1-3-16-19-15(20-24-16)11-21-6-8-22(9-7-21)17(23)13-10-12(2)4-5-14(13)18/h4-5,10H,3,6-9,11H2,1-2H3. The molecule has 1 amide bonds. The Bertz CT molecular complexity index is 723. The molecule has 1 aliphatic heterocycles. The first kappa shape index (κ1) is 17.3. The van der Waals surface area contributed by atoms with E-state index in [2.05, 4.69) is 37.6 Å². The van der Waals surface area contributed by atoms with Crippen molar-refractivity contribution in [1.82, 2.24) is 19.9 Å². The van der Waals surface area contributed by atoms with Gasteiger partial charge in [0.2, 0.25) is 5.89 Å². The Morgan fingerprint density at radius 2 is 2.04 bits per heavy atom. The van der Waals surface area contributed by atoms with Crippen LogP contribution in [0.25, 0.3) is 0 Å². The van der Waals surface area contributed by atoms with Crippen LogP contribution in [0.5, 0.6) is 0 Å². The molecule has 2 heterocycles. The van der Waals surface area contributed by atoms with Crippen LogP contribution in [-0.2, 0) is 13.0 Å². The number of carbonyl (C=O) groups excluding carboxylic acids is 1. The van der Waals surface area contributed by atoms with Crippen molar-refractivity contribution < 1.29 is 9.32 Å². The number of aromatic nitrogens is 2. The maximum Gasteiger partial charge on any atom is 0.255 e. The first-order valence-corrected chi connectivity index (χ1v) is 9.24. The molecule has 6 nitrogen and oxygen atoms in total. The van der Waals surface area contributed by atoms with Gasteiger partial charge in [0.15, 0.2) is 5.82 Å². The van der Waals surface area contributed by atoms with E-state index in [1.807, 2.05) is 36.9 Å². The fourth-order valence-corrected chi connectivity index (χ4v) is 3.35. The molecule has 0 unspecified atom stereocenters. The Kier molecular flexibility index (Phi) is 5.50. The van der Waals surface area contributed by atoms with Crippen molar-refractivity contribution in [3.05, 3.63) is 44.6 Å². The maximum atomic E-state index is 12.7. The normalized spacial score (nSPS) is 15.7. The summed E-state index contributed by atoms with van der Waals surface area (Å²) in [6, 6.07) is 6.01. The van der Waals surface area contributed by atoms with Gasteiger partial charge in [-0.3, -0.25) is 9.69 Å². The number of hydrogen-bond donors (Lipinski definition) is 0. The molecule has 1 aliphatic rings. The lowest BCUT2D eigenvalue weighted by molar-refractivity contribution is 0.0623. The average Bonchev–Trinajstić information content (AvgIpc) is 3.05. The summed E-state index contributed by atoms with van der Waals surface area (Å²) in [6.45, 7) is 7.78. The first-order valence-electron chi connectivity index (χ1n) is 8.16. The highest BCUT2D eigenvalue weighted by Gasteiger charge is 2.24. The molecular weight excluding hydrogens is 419 g/mol. The zero-order valence-electron chi connectivity index (χ0n) is 14.0. The van der Waals surface area contributed by atoms with Crippen molar-refractivity contribution in [3.63, 3.8) is 0 Å². The van der Waals surface area contributed by atoms with Crippen LogP contribution in [0, 0.1) is 10.5 Å². The zero-order valence-corrected chi connectivity index (χ0v) is 16.1. The Hall–Kier alpha value is -1.48. The molecular formula is C17H21IN4O2. The molecule has 1 saturated heterocycles. The number of carbonyl (C=O) groups is 1. The fraction of sp³-hybridized carbons (Fsp3) is 0.471. The highest BCUT2D eigenvalue weighted by atomic mass is 127. The number of amides is 1. The molecule has 2 aromatic rings. The molecule has 0 atom stereocenters. The van der Waals surface area contributed by atoms with Crippen LogP contribution in [0.1, 0.15) is 34.6 Å². The lowest BCUT2D eigenvalue weighted by Gasteiger charge is -2.34. The molecule has 3 rings (SSSR count). The van der Waals surface area contributed by atoms with Gasteiger partial charge in [-0.05, 0) is 41.6 Å². The van der Waals surface area contributed by atoms with E-state index in [0.29, 0.717) is 12.4 Å². The Morgan fingerprint density at radius 1 is 1.29 bits per heavy atom. The Morgan fingerprint density at radius 3 is 2.71 bits per heavy atom. The van der Waals surface area contributed by atoms with Crippen molar-refractivity contribution >= 4 is 28.5 Å². The number of aryl methyl sites for hydroxylation is 2. The number of benzene rings is 1. The predicted molar refractivity (Wildman–Crippen MR) is 98.8 cm³/mol. The highest BCUT2D eigenvalue weighted by Crippen LogP contribution is 2.18. The van der Waals surface area contributed by atoms with Gasteiger partial charge in [0, 0.05) is 36.2 Å². The van der Waals surface area contributed by atoms with Crippen molar-refractivity contribution in [2.24, 2.45) is 0 Å². The topological polar surface area (TPSA) is 62.5 Å². The SMILES string of the molecule is CCc1nc(CN2CCN(C(=O)c3cc(C)ccc3I)CC2)no1. The van der Waals surface area contributed by atoms with Crippen LogP contribution in [0.15, 0.2) is 22.7 Å². The Labute approximate surface area is 155 Å². The number of nitrogens with zero attached hydrogens (tertiary/aromatic N) is 4. The smallest absolute Gasteiger partial charge is 0.255 e. The molecule has 0 bridgehead atoms. The molecule has 0 N–H and O–H groups in total. The van der Waals surface area contributed by atoms with E-state index >= 15 is 0 Å². The van der Waals surface area contributed by atoms with Crippen LogP contribution < -0.4 is 0 Å². The molecule has 128 valence electrons. The largest absolute Gasteiger partial charge is 0.339 e. The van der Waals surface area contributed by atoms with E-state index in [9.17, 15) is 4.79 Å². The van der Waals surface area contributed by atoms with Gasteiger partial charge in [-0.2, -0.15) is 4.98 Å². The zero-order chi connectivity index (χ0) is 17.1. The molecule has 7 heteroatoms. The van der Waals surface area contributed by atoms with Gasteiger partial charge in [0.1, 0.15) is 0 Å². The van der Waals surface area contributed by atoms with Crippen molar-refractivity contribution in [2.45, 2.75) is 26.8 Å². The van der Waals surface area contributed by atoms with Gasteiger partial charge in [0.25, 0.3) is 5.91 Å². The molecule has 24 heavy (non-hydrogen) atoms. The van der Waals surface area contributed by atoms with Gasteiger partial charge in [0.05, 0.1) is 12.1 Å². The summed E-state index contributed by atoms with van der Waals surface area (Å²) in [5.74, 6) is 1.52. The Balaban J connectivity index is 1.58. The number of hydrogen-bond acceptors (Lipinski definition) is 5. The molecule has 0 radical (unpaired) electrons. The third-order valence-corrected chi connectivity index (χ3v) is 5.13. The summed E-state index contributed by atoms with van der Waals surface area (Å²) in [6.07, 6.45) is 0.754. The maximum absolute atomic E-state index is 12.7. The van der Waals surface area contributed by atoms with Crippen LogP contribution in [-0.4, -0.2) is 52.0 Å². The molecule has 1 aromatic heterocycles. The quantitative estimate of drug-likeness (QED) is 0.684. The fourth-order valence-electron chi connectivity index (χ4n) is 2.78. The third-order valence-electron chi connectivity index (χ3n) is 4.19. The summed E-state index contributed by atoms with van der Waals surface area (Å²) in [4.78, 5) is 21.3. The summed E-state index contributed by atoms with van der Waals surface area (Å²) in [7, 11) is 0. The van der Waals surface area contributed by atoms with Crippen molar-refractivity contribution in [1.29, 1.82) is 0 Å².